The number of halogens is 1. The van der Waals surface area contributed by atoms with Gasteiger partial charge in [-0.2, -0.15) is 0 Å². The van der Waals surface area contributed by atoms with Gasteiger partial charge in [0.15, 0.2) is 5.82 Å². The van der Waals surface area contributed by atoms with Gasteiger partial charge in [-0.25, -0.2) is 14.2 Å². The quantitative estimate of drug-likeness (QED) is 0.270. The van der Waals surface area contributed by atoms with Gasteiger partial charge in [0.25, 0.3) is 5.56 Å². The van der Waals surface area contributed by atoms with Crippen molar-refractivity contribution in [3.8, 4) is 34.0 Å². The van der Waals surface area contributed by atoms with Crippen LogP contribution >= 0.6 is 0 Å². The summed E-state index contributed by atoms with van der Waals surface area (Å²) < 4.78 is 27.6. The van der Waals surface area contributed by atoms with E-state index >= 15 is 4.39 Å². The van der Waals surface area contributed by atoms with E-state index in [0.717, 1.165) is 6.42 Å². The molecular formula is C32H32FN4NaO4. The first-order valence-electron chi connectivity index (χ1n) is 13.6. The summed E-state index contributed by atoms with van der Waals surface area (Å²) in [6.07, 6.45) is 1.54. The number of H-pyrrole nitrogens is 1. The maximum atomic E-state index is 15.6. The van der Waals surface area contributed by atoms with E-state index in [-0.39, 0.29) is 54.9 Å². The number of ether oxygens (including phenoxy) is 1. The zero-order chi connectivity index (χ0) is 29.1. The zero-order valence-corrected chi connectivity index (χ0v) is 26.4. The summed E-state index contributed by atoms with van der Waals surface area (Å²) in [6, 6.07) is 19.4. The smallest absolute Gasteiger partial charge is 1.00 e. The van der Waals surface area contributed by atoms with Crippen LogP contribution in [0.5, 0.6) is 5.75 Å². The third-order valence-corrected chi connectivity index (χ3v) is 6.74. The van der Waals surface area contributed by atoms with Gasteiger partial charge in [-0.05, 0) is 74.2 Å². The molecule has 0 unspecified atom stereocenters. The Balaban J connectivity index is 0.00000253. The SMILES string of the molecule is CCCc1nc(C)n(-c2ccc(OC(C)C)cc2)c(=O)c1Cc1ccc(-c2ccccc2-c2noc(=O)[nH]2)cc1F.[H-].[Na+]. The predicted octanol–water partition coefficient (Wildman–Crippen LogP) is 3.14. The van der Waals surface area contributed by atoms with Gasteiger partial charge >= 0.3 is 35.3 Å². The van der Waals surface area contributed by atoms with Crippen LogP contribution < -0.4 is 45.6 Å². The molecule has 0 aliphatic carbocycles. The summed E-state index contributed by atoms with van der Waals surface area (Å²) in [5, 5.41) is 3.77. The molecule has 0 atom stereocenters. The summed E-state index contributed by atoms with van der Waals surface area (Å²) in [7, 11) is 0. The number of nitrogens with zero attached hydrogens (tertiary/aromatic N) is 3. The number of hydrogen-bond donors (Lipinski definition) is 1. The Kier molecular flexibility index (Phi) is 9.98. The van der Waals surface area contributed by atoms with Crippen LogP contribution in [-0.2, 0) is 12.8 Å². The summed E-state index contributed by atoms with van der Waals surface area (Å²) in [6.45, 7) is 7.73. The molecule has 42 heavy (non-hydrogen) atoms. The first-order chi connectivity index (χ1) is 19.7. The van der Waals surface area contributed by atoms with Crippen LogP contribution in [0.15, 0.2) is 80.8 Å². The van der Waals surface area contributed by atoms with Crippen LogP contribution in [-0.4, -0.2) is 25.8 Å². The normalized spacial score (nSPS) is 11.0. The zero-order valence-electron chi connectivity index (χ0n) is 25.4. The molecule has 0 radical (unpaired) electrons. The molecule has 0 saturated carbocycles. The Bertz CT molecular complexity index is 1820. The van der Waals surface area contributed by atoms with Crippen LogP contribution in [0.1, 0.15) is 51.3 Å². The van der Waals surface area contributed by atoms with Gasteiger partial charge in [0.2, 0.25) is 0 Å². The molecule has 2 aromatic heterocycles. The molecule has 0 saturated heterocycles. The van der Waals surface area contributed by atoms with Gasteiger partial charge in [0.05, 0.1) is 17.5 Å². The first kappa shape index (κ1) is 31.2. The Morgan fingerprint density at radius 3 is 2.38 bits per heavy atom. The van der Waals surface area contributed by atoms with E-state index in [1.165, 1.54) is 6.07 Å². The van der Waals surface area contributed by atoms with Crippen molar-refractivity contribution in [1.29, 1.82) is 0 Å². The van der Waals surface area contributed by atoms with Gasteiger partial charge in [-0.15, -0.1) is 0 Å². The van der Waals surface area contributed by atoms with Crippen molar-refractivity contribution < 1.29 is 44.6 Å². The Morgan fingerprint density at radius 2 is 1.76 bits per heavy atom. The molecule has 2 heterocycles. The van der Waals surface area contributed by atoms with Crippen molar-refractivity contribution >= 4 is 0 Å². The van der Waals surface area contributed by atoms with Crippen molar-refractivity contribution in [2.75, 3.05) is 0 Å². The monoisotopic (exact) mass is 578 g/mol. The average molecular weight is 579 g/mol. The Labute approximate surface area is 266 Å². The van der Waals surface area contributed by atoms with Gasteiger partial charge in [-0.3, -0.25) is 18.9 Å². The summed E-state index contributed by atoms with van der Waals surface area (Å²) in [5.74, 6) is 0.419. The molecule has 0 amide bonds. The van der Waals surface area contributed by atoms with Crippen LogP contribution in [0.3, 0.4) is 0 Å². The van der Waals surface area contributed by atoms with E-state index in [4.69, 9.17) is 9.72 Å². The number of aromatic nitrogens is 4. The van der Waals surface area contributed by atoms with Gasteiger partial charge < -0.3 is 6.16 Å². The van der Waals surface area contributed by atoms with Crippen molar-refractivity contribution in [3.05, 3.63) is 116 Å². The molecule has 3 aromatic carbocycles. The molecular weight excluding hydrogens is 546 g/mol. The molecule has 5 aromatic rings. The first-order valence-corrected chi connectivity index (χ1v) is 13.6. The minimum atomic E-state index is -0.670. The average Bonchev–Trinajstić information content (AvgIpc) is 3.38. The third-order valence-electron chi connectivity index (χ3n) is 6.74. The molecule has 0 aliphatic heterocycles. The van der Waals surface area contributed by atoms with Crippen molar-refractivity contribution in [3.63, 3.8) is 0 Å². The van der Waals surface area contributed by atoms with E-state index in [1.807, 2.05) is 57.2 Å². The maximum Gasteiger partial charge on any atom is 1.00 e. The fourth-order valence-electron chi connectivity index (χ4n) is 4.93. The summed E-state index contributed by atoms with van der Waals surface area (Å²) in [4.78, 5) is 32.7. The predicted molar refractivity (Wildman–Crippen MR) is 156 cm³/mol. The number of aryl methyl sites for hydroxylation is 2. The molecule has 0 bridgehead atoms. The number of benzene rings is 3. The molecule has 0 aliphatic rings. The second-order valence-corrected chi connectivity index (χ2v) is 10.1. The fourth-order valence-corrected chi connectivity index (χ4v) is 4.93. The van der Waals surface area contributed by atoms with E-state index in [2.05, 4.69) is 14.7 Å². The maximum absolute atomic E-state index is 15.6. The van der Waals surface area contributed by atoms with E-state index in [9.17, 15) is 9.59 Å². The van der Waals surface area contributed by atoms with Crippen molar-refractivity contribution in [1.82, 2.24) is 19.7 Å². The molecule has 1 N–H and O–H groups in total. The largest absolute Gasteiger partial charge is 1.00 e. The Morgan fingerprint density at radius 1 is 1.05 bits per heavy atom. The number of hydrogen-bond acceptors (Lipinski definition) is 6. The van der Waals surface area contributed by atoms with Crippen molar-refractivity contribution in [2.24, 2.45) is 0 Å². The molecule has 10 heteroatoms. The van der Waals surface area contributed by atoms with Gasteiger partial charge in [0.1, 0.15) is 17.4 Å². The van der Waals surface area contributed by atoms with Crippen LogP contribution in [0, 0.1) is 12.7 Å². The van der Waals surface area contributed by atoms with Crippen molar-refractivity contribution in [2.45, 2.75) is 53.1 Å². The van der Waals surface area contributed by atoms with Gasteiger partial charge in [0, 0.05) is 17.5 Å². The number of nitrogens with one attached hydrogen (secondary N) is 1. The Hall–Kier alpha value is -3.79. The molecule has 8 nitrogen and oxygen atoms in total. The molecule has 5 rings (SSSR count). The summed E-state index contributed by atoms with van der Waals surface area (Å²) in [5.41, 5.74) is 3.85. The minimum Gasteiger partial charge on any atom is -1.00 e. The van der Waals surface area contributed by atoms with Crippen LogP contribution in [0.25, 0.3) is 28.2 Å². The second-order valence-electron chi connectivity index (χ2n) is 10.1. The molecule has 212 valence electrons. The third kappa shape index (κ3) is 6.64. The van der Waals surface area contributed by atoms with Crippen LogP contribution in [0.2, 0.25) is 0 Å². The van der Waals surface area contributed by atoms with E-state index < -0.39 is 11.6 Å². The summed E-state index contributed by atoms with van der Waals surface area (Å²) >= 11 is 0. The number of aromatic amines is 1. The molecule has 0 spiro atoms. The topological polar surface area (TPSA) is 103 Å². The van der Waals surface area contributed by atoms with E-state index in [1.54, 1.807) is 35.8 Å². The van der Waals surface area contributed by atoms with Crippen LogP contribution in [0.4, 0.5) is 4.39 Å². The second kappa shape index (κ2) is 13.5. The molecule has 0 fully saturated rings. The minimum absolute atomic E-state index is 0. The number of rotatable bonds is 9. The fraction of sp³-hybridized carbons (Fsp3) is 0.250. The van der Waals surface area contributed by atoms with E-state index in [0.29, 0.717) is 57.2 Å². The van der Waals surface area contributed by atoms with Gasteiger partial charge in [-0.1, -0.05) is 54.9 Å². The standard InChI is InChI=1S/C32H31FN4O4.Na.H/c1-5-8-29-27(31(38)37(20(4)34-29)23-13-15-24(16-14-23)40-19(2)3)17-22-12-11-21(18-28(22)33)25-9-6-7-10-26(25)30-35-32(39)41-36-30;;/h6-7,9-16,18-19H,5,8,17H2,1-4H3,(H,35,36,39);;/q;+1;-1.